The third-order valence-corrected chi connectivity index (χ3v) is 5.83. The molecule has 0 bridgehead atoms. The second kappa shape index (κ2) is 12.1. The normalized spacial score (nSPS) is 18.1. The summed E-state index contributed by atoms with van der Waals surface area (Å²) in [5.41, 5.74) is 5.77. The first-order chi connectivity index (χ1) is 13.0. The number of rotatable bonds is 4. The summed E-state index contributed by atoms with van der Waals surface area (Å²) >= 11 is 1.38. The zero-order valence-corrected chi connectivity index (χ0v) is 17.9. The van der Waals surface area contributed by atoms with E-state index in [4.69, 9.17) is 0 Å². The number of thioether (sulfide) groups is 1. The summed E-state index contributed by atoms with van der Waals surface area (Å²) < 4.78 is 0. The van der Waals surface area contributed by atoms with Crippen molar-refractivity contribution in [3.63, 3.8) is 0 Å². The quantitative estimate of drug-likeness (QED) is 0.427. The van der Waals surface area contributed by atoms with Crippen LogP contribution in [0.15, 0.2) is 16.3 Å². The van der Waals surface area contributed by atoms with Crippen LogP contribution in [0.4, 0.5) is 0 Å². The van der Waals surface area contributed by atoms with Crippen LogP contribution in [0.1, 0.15) is 88.9 Å². The fourth-order valence-corrected chi connectivity index (χ4v) is 4.18. The fourth-order valence-electron chi connectivity index (χ4n) is 3.32. The summed E-state index contributed by atoms with van der Waals surface area (Å²) in [6, 6.07) is 1.93. The van der Waals surface area contributed by atoms with E-state index in [1.807, 2.05) is 26.8 Å². The molecule has 1 saturated carbocycles. The van der Waals surface area contributed by atoms with Crippen LogP contribution >= 0.6 is 11.8 Å². The van der Waals surface area contributed by atoms with Gasteiger partial charge in [-0.1, -0.05) is 56.7 Å². The highest BCUT2D eigenvalue weighted by Gasteiger charge is 2.16. The number of amides is 1. The maximum atomic E-state index is 12.4. The summed E-state index contributed by atoms with van der Waals surface area (Å²) in [6.07, 6.45) is 13.6. The van der Waals surface area contributed by atoms with Crippen molar-refractivity contribution < 1.29 is 4.79 Å². The lowest BCUT2D eigenvalue weighted by atomic mass is 10.00. The molecule has 1 atom stereocenters. The van der Waals surface area contributed by atoms with Gasteiger partial charge in [0.2, 0.25) is 0 Å². The Morgan fingerprint density at radius 2 is 1.44 bits per heavy atom. The van der Waals surface area contributed by atoms with Gasteiger partial charge >= 0.3 is 0 Å². The first-order valence-corrected chi connectivity index (χ1v) is 11.3. The molecule has 0 aliphatic heterocycles. The summed E-state index contributed by atoms with van der Waals surface area (Å²) in [7, 11) is 0. The first kappa shape index (κ1) is 21.9. The molecule has 1 aliphatic carbocycles. The van der Waals surface area contributed by atoms with Crippen LogP contribution in [-0.4, -0.2) is 26.8 Å². The Balaban J connectivity index is 1.87. The highest BCUT2D eigenvalue weighted by atomic mass is 32.2. The summed E-state index contributed by atoms with van der Waals surface area (Å²) in [5, 5.41) is 4.84. The minimum atomic E-state index is -0.276. The van der Waals surface area contributed by atoms with Crippen LogP contribution in [0.5, 0.6) is 0 Å². The minimum absolute atomic E-state index is 0.0821. The van der Waals surface area contributed by atoms with Gasteiger partial charge in [0, 0.05) is 17.1 Å². The number of carbonyl (C=O) groups excluding carboxylic acids is 1. The molecule has 2 rings (SSSR count). The Morgan fingerprint density at radius 1 is 0.963 bits per heavy atom. The van der Waals surface area contributed by atoms with E-state index in [1.165, 1.54) is 69.5 Å². The van der Waals surface area contributed by atoms with Gasteiger partial charge in [-0.2, -0.15) is 5.10 Å². The molecule has 0 aromatic carbocycles. The zero-order chi connectivity index (χ0) is 19.5. The number of nitrogens with one attached hydrogen (secondary N) is 1. The van der Waals surface area contributed by atoms with E-state index in [-0.39, 0.29) is 11.2 Å². The first-order valence-electron chi connectivity index (χ1n) is 10.4. The van der Waals surface area contributed by atoms with Crippen molar-refractivity contribution in [1.82, 2.24) is 15.4 Å². The van der Waals surface area contributed by atoms with Crippen molar-refractivity contribution >= 4 is 23.4 Å². The van der Waals surface area contributed by atoms with Crippen molar-refractivity contribution in [2.45, 2.75) is 102 Å². The largest absolute Gasteiger partial charge is 0.272 e. The van der Waals surface area contributed by atoms with Crippen molar-refractivity contribution in [3.05, 3.63) is 17.5 Å². The van der Waals surface area contributed by atoms with Gasteiger partial charge in [0.15, 0.2) is 5.16 Å². The molecule has 1 heterocycles. The second-order valence-electron chi connectivity index (χ2n) is 7.53. The lowest BCUT2D eigenvalue weighted by molar-refractivity contribution is -0.120. The van der Waals surface area contributed by atoms with Crippen LogP contribution in [-0.2, 0) is 4.79 Å². The van der Waals surface area contributed by atoms with Gasteiger partial charge in [0.25, 0.3) is 5.91 Å². The maximum Gasteiger partial charge on any atom is 0.253 e. The molecule has 1 aliphatic rings. The third-order valence-electron chi connectivity index (χ3n) is 4.87. The van der Waals surface area contributed by atoms with E-state index < -0.39 is 0 Å². The maximum absolute atomic E-state index is 12.4. The molecule has 5 nitrogen and oxygen atoms in total. The molecule has 0 radical (unpaired) electrons. The Hall–Kier alpha value is -1.43. The number of hydrogen-bond acceptors (Lipinski definition) is 5. The monoisotopic (exact) mass is 390 g/mol. The zero-order valence-electron chi connectivity index (χ0n) is 17.1. The average molecular weight is 391 g/mol. The van der Waals surface area contributed by atoms with Gasteiger partial charge in [-0.25, -0.2) is 15.4 Å². The Bertz CT molecular complexity index is 598. The van der Waals surface area contributed by atoms with Gasteiger partial charge in [-0.15, -0.1) is 0 Å². The van der Waals surface area contributed by atoms with Crippen LogP contribution in [0.3, 0.4) is 0 Å². The van der Waals surface area contributed by atoms with Crippen LogP contribution < -0.4 is 5.43 Å². The molecular formula is C21H34N4OS. The topological polar surface area (TPSA) is 67.2 Å². The molecule has 150 valence electrons. The molecule has 1 amide bonds. The van der Waals surface area contributed by atoms with E-state index in [1.54, 1.807) is 0 Å². The van der Waals surface area contributed by atoms with Gasteiger partial charge in [-0.3, -0.25) is 4.79 Å². The average Bonchev–Trinajstić information content (AvgIpc) is 2.60. The lowest BCUT2D eigenvalue weighted by Gasteiger charge is -2.12. The van der Waals surface area contributed by atoms with E-state index >= 15 is 0 Å². The predicted octanol–water partition coefficient (Wildman–Crippen LogP) is 5.35. The molecule has 27 heavy (non-hydrogen) atoms. The third kappa shape index (κ3) is 8.87. The highest BCUT2D eigenvalue weighted by Crippen LogP contribution is 2.20. The van der Waals surface area contributed by atoms with Crippen LogP contribution in [0.2, 0.25) is 0 Å². The lowest BCUT2D eigenvalue weighted by Crippen LogP contribution is -2.28. The Kier molecular flexibility index (Phi) is 9.81. The van der Waals surface area contributed by atoms with Crippen LogP contribution in [0, 0.1) is 13.8 Å². The number of aryl methyl sites for hydroxylation is 2. The standard InChI is InChI=1S/C21H34N4OS/c1-16-15-17(2)23-21(22-16)27-18(3)20(26)25-24-19-13-11-9-7-5-4-6-8-10-12-14-19/h15,18H,4-14H2,1-3H3,(H,25,26)/t18-/m0/s1. The highest BCUT2D eigenvalue weighted by molar-refractivity contribution is 8.00. The molecule has 0 unspecified atom stereocenters. The van der Waals surface area contributed by atoms with Crippen molar-refractivity contribution in [1.29, 1.82) is 0 Å². The van der Waals surface area contributed by atoms with Crippen molar-refractivity contribution in [2.24, 2.45) is 5.10 Å². The number of hydrazone groups is 1. The van der Waals surface area contributed by atoms with Gasteiger partial charge < -0.3 is 0 Å². The molecular weight excluding hydrogens is 356 g/mol. The van der Waals surface area contributed by atoms with E-state index in [2.05, 4.69) is 20.5 Å². The smallest absolute Gasteiger partial charge is 0.253 e. The molecule has 1 aromatic heterocycles. The molecule has 0 spiro atoms. The van der Waals surface area contributed by atoms with Gasteiger partial charge in [-0.05, 0) is 52.5 Å². The number of hydrogen-bond donors (Lipinski definition) is 1. The second-order valence-corrected chi connectivity index (χ2v) is 8.84. The summed E-state index contributed by atoms with van der Waals surface area (Å²) in [6.45, 7) is 5.76. The van der Waals surface area contributed by atoms with E-state index in [9.17, 15) is 4.79 Å². The SMILES string of the molecule is Cc1cc(C)nc(S[C@@H](C)C(=O)NN=C2CCCCCCCCCCC2)n1. The number of nitrogens with zero attached hydrogens (tertiary/aromatic N) is 3. The molecule has 1 fully saturated rings. The Morgan fingerprint density at radius 3 is 1.96 bits per heavy atom. The van der Waals surface area contributed by atoms with E-state index in [0.29, 0.717) is 5.16 Å². The summed E-state index contributed by atoms with van der Waals surface area (Å²) in [4.78, 5) is 21.2. The Labute approximate surface area is 168 Å². The molecule has 1 N–H and O–H groups in total. The van der Waals surface area contributed by atoms with Crippen molar-refractivity contribution in [3.8, 4) is 0 Å². The van der Waals surface area contributed by atoms with Crippen molar-refractivity contribution in [2.75, 3.05) is 0 Å². The van der Waals surface area contributed by atoms with Crippen LogP contribution in [0.25, 0.3) is 0 Å². The van der Waals surface area contributed by atoms with E-state index in [0.717, 1.165) is 29.9 Å². The molecule has 0 saturated heterocycles. The molecule has 1 aromatic rings. The fraction of sp³-hybridized carbons (Fsp3) is 0.714. The minimum Gasteiger partial charge on any atom is -0.272 e. The number of carbonyl (C=O) groups is 1. The van der Waals surface area contributed by atoms with Gasteiger partial charge in [0.1, 0.15) is 0 Å². The number of aromatic nitrogens is 2. The summed E-state index contributed by atoms with van der Waals surface area (Å²) in [5.74, 6) is -0.0821. The van der Waals surface area contributed by atoms with Gasteiger partial charge in [0.05, 0.1) is 5.25 Å². The molecule has 6 heteroatoms. The predicted molar refractivity (Wildman–Crippen MR) is 113 cm³/mol.